The summed E-state index contributed by atoms with van der Waals surface area (Å²) in [5, 5.41) is 8.18. The smallest absolute Gasteiger partial charge is 0.238 e. The first-order valence-corrected chi connectivity index (χ1v) is 7.99. The maximum absolute atomic E-state index is 11.3. The Labute approximate surface area is 116 Å². The number of nitrogens with two attached hydrogens (primary N) is 1. The number of anilines is 1. The van der Waals surface area contributed by atoms with Crippen LogP contribution in [0.1, 0.15) is 6.42 Å². The molecule has 0 aromatic heterocycles. The molecule has 1 aromatic rings. The van der Waals surface area contributed by atoms with Gasteiger partial charge in [-0.3, -0.25) is 4.79 Å². The van der Waals surface area contributed by atoms with Crippen LogP contribution in [-0.2, 0) is 14.8 Å². The first-order valence-electron chi connectivity index (χ1n) is 4.53. The van der Waals surface area contributed by atoms with E-state index in [9.17, 15) is 13.2 Å². The highest BCUT2D eigenvalue weighted by Crippen LogP contribution is 2.25. The van der Waals surface area contributed by atoms with Gasteiger partial charge in [-0.25, -0.2) is 13.6 Å². The van der Waals surface area contributed by atoms with Crippen molar-refractivity contribution in [2.24, 2.45) is 5.14 Å². The second-order valence-corrected chi connectivity index (χ2v) is 6.38. The average molecular weight is 386 g/mol. The summed E-state index contributed by atoms with van der Waals surface area (Å²) in [4.78, 5) is 11.3. The Hall–Kier alpha value is -0.440. The van der Waals surface area contributed by atoms with E-state index >= 15 is 0 Å². The van der Waals surface area contributed by atoms with Gasteiger partial charge in [0.1, 0.15) is 0 Å². The van der Waals surface area contributed by atoms with E-state index in [2.05, 4.69) is 37.2 Å². The Kier molecular flexibility index (Phi) is 5.11. The number of hydrogen-bond acceptors (Lipinski definition) is 3. The SMILES string of the molecule is NS(=O)(=O)c1ccc(NC(=O)CCBr)c(Br)c1. The summed E-state index contributed by atoms with van der Waals surface area (Å²) in [6, 6.07) is 4.17. The zero-order valence-corrected chi connectivity index (χ0v) is 12.6. The molecule has 8 heteroatoms. The Morgan fingerprint density at radius 1 is 1.41 bits per heavy atom. The number of primary sulfonamides is 1. The number of carbonyl (C=O) groups is 1. The predicted molar refractivity (Wildman–Crippen MR) is 72.6 cm³/mol. The largest absolute Gasteiger partial charge is 0.325 e. The van der Waals surface area contributed by atoms with Crippen LogP contribution in [0.3, 0.4) is 0 Å². The van der Waals surface area contributed by atoms with Crippen LogP contribution in [0.4, 0.5) is 5.69 Å². The fourth-order valence-corrected chi connectivity index (χ4v) is 2.60. The molecular weight excluding hydrogens is 376 g/mol. The van der Waals surface area contributed by atoms with E-state index in [0.717, 1.165) is 0 Å². The number of rotatable bonds is 4. The van der Waals surface area contributed by atoms with Crippen molar-refractivity contribution in [3.8, 4) is 0 Å². The number of alkyl halides is 1. The summed E-state index contributed by atoms with van der Waals surface area (Å²) < 4.78 is 22.6. The van der Waals surface area contributed by atoms with Crippen LogP contribution in [0.2, 0.25) is 0 Å². The van der Waals surface area contributed by atoms with Crippen molar-refractivity contribution < 1.29 is 13.2 Å². The Bertz CT molecular complexity index is 531. The van der Waals surface area contributed by atoms with Crippen molar-refractivity contribution in [2.45, 2.75) is 11.3 Å². The lowest BCUT2D eigenvalue weighted by Gasteiger charge is -2.07. The molecule has 0 bridgehead atoms. The lowest BCUT2D eigenvalue weighted by molar-refractivity contribution is -0.115. The fraction of sp³-hybridized carbons (Fsp3) is 0.222. The number of hydrogen-bond donors (Lipinski definition) is 2. The van der Waals surface area contributed by atoms with Crippen molar-refractivity contribution in [3.05, 3.63) is 22.7 Å². The van der Waals surface area contributed by atoms with Crippen LogP contribution in [-0.4, -0.2) is 19.7 Å². The van der Waals surface area contributed by atoms with Gasteiger partial charge in [-0.15, -0.1) is 0 Å². The zero-order valence-electron chi connectivity index (χ0n) is 8.61. The van der Waals surface area contributed by atoms with Crippen molar-refractivity contribution in [1.82, 2.24) is 0 Å². The van der Waals surface area contributed by atoms with Gasteiger partial charge < -0.3 is 5.32 Å². The Morgan fingerprint density at radius 2 is 2.06 bits per heavy atom. The molecule has 0 heterocycles. The molecule has 0 atom stereocenters. The van der Waals surface area contributed by atoms with Gasteiger partial charge in [-0.1, -0.05) is 15.9 Å². The van der Waals surface area contributed by atoms with Crippen LogP contribution >= 0.6 is 31.9 Å². The Morgan fingerprint density at radius 3 is 2.53 bits per heavy atom. The van der Waals surface area contributed by atoms with Crippen LogP contribution in [0, 0.1) is 0 Å². The van der Waals surface area contributed by atoms with Gasteiger partial charge >= 0.3 is 0 Å². The highest BCUT2D eigenvalue weighted by atomic mass is 79.9. The molecule has 0 spiro atoms. The van der Waals surface area contributed by atoms with Gasteiger partial charge in [-0.05, 0) is 34.1 Å². The summed E-state index contributed by atoms with van der Waals surface area (Å²) in [6.07, 6.45) is 0.337. The van der Waals surface area contributed by atoms with Crippen LogP contribution in [0.25, 0.3) is 0 Å². The minimum Gasteiger partial charge on any atom is -0.325 e. The van der Waals surface area contributed by atoms with Crippen LogP contribution < -0.4 is 10.5 Å². The second-order valence-electron chi connectivity index (χ2n) is 3.17. The molecule has 94 valence electrons. The maximum atomic E-state index is 11.3. The van der Waals surface area contributed by atoms with Crippen molar-refractivity contribution in [2.75, 3.05) is 10.6 Å². The van der Waals surface area contributed by atoms with Gasteiger partial charge in [0.25, 0.3) is 0 Å². The molecular formula is C9H10Br2N2O3S. The molecule has 1 rings (SSSR count). The van der Waals surface area contributed by atoms with Gasteiger partial charge in [0.15, 0.2) is 0 Å². The van der Waals surface area contributed by atoms with Gasteiger partial charge in [-0.2, -0.15) is 0 Å². The predicted octanol–water partition coefficient (Wildman–Crippen LogP) is 1.82. The molecule has 0 fully saturated rings. The maximum Gasteiger partial charge on any atom is 0.238 e. The minimum atomic E-state index is -3.73. The number of carbonyl (C=O) groups excluding carboxylic acids is 1. The van der Waals surface area contributed by atoms with E-state index in [-0.39, 0.29) is 10.8 Å². The monoisotopic (exact) mass is 384 g/mol. The first kappa shape index (κ1) is 14.6. The van der Waals surface area contributed by atoms with E-state index in [1.807, 2.05) is 0 Å². The third-order valence-corrected chi connectivity index (χ3v) is 3.83. The van der Waals surface area contributed by atoms with E-state index in [1.165, 1.54) is 18.2 Å². The quantitative estimate of drug-likeness (QED) is 0.774. The summed E-state index contributed by atoms with van der Waals surface area (Å²) in [6.45, 7) is 0. The molecule has 0 unspecified atom stereocenters. The summed E-state index contributed by atoms with van der Waals surface area (Å²) in [5.41, 5.74) is 0.503. The van der Waals surface area contributed by atoms with Crippen LogP contribution in [0.5, 0.6) is 0 Å². The molecule has 0 aliphatic rings. The molecule has 0 aliphatic heterocycles. The number of benzene rings is 1. The lowest BCUT2D eigenvalue weighted by Crippen LogP contribution is -2.14. The zero-order chi connectivity index (χ0) is 13.1. The van der Waals surface area contributed by atoms with E-state index in [1.54, 1.807) is 0 Å². The molecule has 1 aromatic carbocycles. The van der Waals surface area contributed by atoms with Gasteiger partial charge in [0, 0.05) is 16.2 Å². The number of sulfonamides is 1. The average Bonchev–Trinajstić information content (AvgIpc) is 2.20. The van der Waals surface area contributed by atoms with E-state index in [4.69, 9.17) is 5.14 Å². The molecule has 0 radical (unpaired) electrons. The third-order valence-electron chi connectivity index (χ3n) is 1.86. The molecule has 0 saturated carbocycles. The second kappa shape index (κ2) is 5.94. The molecule has 0 aliphatic carbocycles. The van der Waals surface area contributed by atoms with Crippen molar-refractivity contribution in [3.63, 3.8) is 0 Å². The normalized spacial score (nSPS) is 11.2. The molecule has 1 amide bonds. The standard InChI is InChI=1S/C9H10Br2N2O3S/c10-4-3-9(14)13-8-2-1-6(5-7(8)11)17(12,15)16/h1-2,5H,3-4H2,(H,13,14)(H2,12,15,16). The van der Waals surface area contributed by atoms with Gasteiger partial charge in [0.05, 0.1) is 10.6 Å². The highest BCUT2D eigenvalue weighted by molar-refractivity contribution is 9.10. The van der Waals surface area contributed by atoms with E-state index < -0.39 is 10.0 Å². The highest BCUT2D eigenvalue weighted by Gasteiger charge is 2.11. The molecule has 17 heavy (non-hydrogen) atoms. The number of nitrogens with one attached hydrogen (secondary N) is 1. The molecule has 5 nitrogen and oxygen atoms in total. The first-order chi connectivity index (χ1) is 7.84. The van der Waals surface area contributed by atoms with Crippen LogP contribution in [0.15, 0.2) is 27.6 Å². The van der Waals surface area contributed by atoms with Gasteiger partial charge in [0.2, 0.25) is 15.9 Å². The summed E-state index contributed by atoms with van der Waals surface area (Å²) >= 11 is 6.32. The fourth-order valence-electron chi connectivity index (χ4n) is 1.07. The summed E-state index contributed by atoms with van der Waals surface area (Å²) in [5.74, 6) is -0.161. The van der Waals surface area contributed by atoms with Crippen molar-refractivity contribution in [1.29, 1.82) is 0 Å². The molecule has 3 N–H and O–H groups in total. The number of halogens is 2. The van der Waals surface area contributed by atoms with E-state index in [0.29, 0.717) is 21.9 Å². The van der Waals surface area contributed by atoms with Crippen molar-refractivity contribution >= 4 is 53.5 Å². The topological polar surface area (TPSA) is 89.3 Å². The minimum absolute atomic E-state index is 0.0112. The lowest BCUT2D eigenvalue weighted by atomic mass is 10.3. The number of amides is 1. The third kappa shape index (κ3) is 4.38. The Balaban J connectivity index is 2.95. The molecule has 0 saturated heterocycles. The summed E-state index contributed by atoms with van der Waals surface area (Å²) in [7, 11) is -3.73.